The van der Waals surface area contributed by atoms with Crippen molar-refractivity contribution >= 4 is 21.6 Å². The van der Waals surface area contributed by atoms with E-state index in [1.54, 1.807) is 15.2 Å². The number of aryl methyl sites for hydroxylation is 1. The second-order valence-electron chi connectivity index (χ2n) is 5.26. The summed E-state index contributed by atoms with van der Waals surface area (Å²) < 4.78 is 28.4. The number of hydrogen-bond donors (Lipinski definition) is 0. The number of alkyl halides is 1. The van der Waals surface area contributed by atoms with Crippen molar-refractivity contribution in [2.24, 2.45) is 5.92 Å². The molecule has 0 saturated carbocycles. The molecule has 2 rings (SSSR count). The maximum atomic E-state index is 12.6. The first-order valence-corrected chi connectivity index (χ1v) is 9.14. The molecule has 1 unspecified atom stereocenters. The van der Waals surface area contributed by atoms with Gasteiger partial charge in [0.05, 0.1) is 6.20 Å². The van der Waals surface area contributed by atoms with Crippen molar-refractivity contribution in [3.05, 3.63) is 12.4 Å². The summed E-state index contributed by atoms with van der Waals surface area (Å²) in [6.45, 7) is 4.01. The lowest BCUT2D eigenvalue weighted by Crippen LogP contribution is -2.39. The molecule has 0 spiro atoms. The molecule has 0 amide bonds. The Balaban J connectivity index is 2.11. The van der Waals surface area contributed by atoms with Gasteiger partial charge in [0.1, 0.15) is 4.90 Å². The van der Waals surface area contributed by atoms with Crippen LogP contribution in [0.4, 0.5) is 0 Å². The van der Waals surface area contributed by atoms with E-state index in [2.05, 4.69) is 12.0 Å². The number of piperidine rings is 1. The number of sulfonamides is 1. The summed E-state index contributed by atoms with van der Waals surface area (Å²) in [7, 11) is -3.39. The Morgan fingerprint density at radius 3 is 3.00 bits per heavy atom. The normalized spacial score (nSPS) is 21.2. The molecule has 114 valence electrons. The highest BCUT2D eigenvalue weighted by atomic mass is 35.5. The minimum absolute atomic E-state index is 0.295. The first-order valence-electron chi connectivity index (χ1n) is 7.16. The summed E-state index contributed by atoms with van der Waals surface area (Å²) >= 11 is 5.63. The van der Waals surface area contributed by atoms with E-state index in [9.17, 15) is 8.42 Å². The molecule has 0 bridgehead atoms. The zero-order valence-corrected chi connectivity index (χ0v) is 13.4. The van der Waals surface area contributed by atoms with Crippen LogP contribution in [0.5, 0.6) is 0 Å². The van der Waals surface area contributed by atoms with E-state index in [0.29, 0.717) is 36.3 Å². The zero-order valence-electron chi connectivity index (χ0n) is 11.8. The summed E-state index contributed by atoms with van der Waals surface area (Å²) in [6, 6.07) is 0. The fraction of sp³-hybridized carbons (Fsp3) is 0.769. The van der Waals surface area contributed by atoms with Crippen LogP contribution in [0.25, 0.3) is 0 Å². The minimum atomic E-state index is -3.39. The topological polar surface area (TPSA) is 55.2 Å². The highest BCUT2D eigenvalue weighted by Gasteiger charge is 2.30. The van der Waals surface area contributed by atoms with Crippen molar-refractivity contribution in [3.8, 4) is 0 Å². The molecule has 1 aliphatic rings. The van der Waals surface area contributed by atoms with Gasteiger partial charge in [-0.3, -0.25) is 4.68 Å². The first kappa shape index (κ1) is 15.8. The summed E-state index contributed by atoms with van der Waals surface area (Å²) in [6.07, 6.45) is 6.93. The molecule has 0 aliphatic carbocycles. The van der Waals surface area contributed by atoms with Gasteiger partial charge in [-0.1, -0.05) is 13.3 Å². The summed E-state index contributed by atoms with van der Waals surface area (Å²) in [5.74, 6) is 1.02. The van der Waals surface area contributed by atoms with Crippen LogP contribution in [-0.4, -0.2) is 41.5 Å². The number of halogens is 1. The van der Waals surface area contributed by atoms with Gasteiger partial charge < -0.3 is 0 Å². The van der Waals surface area contributed by atoms with Gasteiger partial charge in [0.25, 0.3) is 0 Å². The SMILES string of the molecule is CCC1CCCN(S(=O)(=O)c2cnn(CCCCl)c2)C1. The van der Waals surface area contributed by atoms with Gasteiger partial charge >= 0.3 is 0 Å². The van der Waals surface area contributed by atoms with Crippen LogP contribution in [0, 0.1) is 5.92 Å². The van der Waals surface area contributed by atoms with Crippen molar-refractivity contribution in [1.82, 2.24) is 14.1 Å². The van der Waals surface area contributed by atoms with E-state index >= 15 is 0 Å². The van der Waals surface area contributed by atoms with Gasteiger partial charge in [0.2, 0.25) is 10.0 Å². The minimum Gasteiger partial charge on any atom is -0.271 e. The van der Waals surface area contributed by atoms with Gasteiger partial charge in [0, 0.05) is 31.7 Å². The molecule has 20 heavy (non-hydrogen) atoms. The third-order valence-electron chi connectivity index (χ3n) is 3.83. The highest BCUT2D eigenvalue weighted by molar-refractivity contribution is 7.89. The van der Waals surface area contributed by atoms with E-state index in [0.717, 1.165) is 25.7 Å². The molecule has 7 heteroatoms. The average Bonchev–Trinajstić information content (AvgIpc) is 2.94. The Bertz CT molecular complexity index is 529. The van der Waals surface area contributed by atoms with Gasteiger partial charge in [-0.25, -0.2) is 8.42 Å². The summed E-state index contributed by atoms with van der Waals surface area (Å²) in [4.78, 5) is 0.295. The van der Waals surface area contributed by atoms with Crippen LogP contribution in [0.3, 0.4) is 0 Å². The predicted octanol–water partition coefficient (Wildman–Crippen LogP) is 2.32. The van der Waals surface area contributed by atoms with E-state index in [1.807, 2.05) is 0 Å². The van der Waals surface area contributed by atoms with Gasteiger partial charge in [-0.2, -0.15) is 9.40 Å². The second-order valence-corrected chi connectivity index (χ2v) is 7.58. The van der Waals surface area contributed by atoms with Crippen LogP contribution in [0.2, 0.25) is 0 Å². The molecule has 1 saturated heterocycles. The fourth-order valence-corrected chi connectivity index (χ4v) is 4.18. The molecular formula is C13H22ClN3O2S. The van der Waals surface area contributed by atoms with Gasteiger partial charge in [-0.15, -0.1) is 11.6 Å². The van der Waals surface area contributed by atoms with E-state index in [-0.39, 0.29) is 0 Å². The average molecular weight is 320 g/mol. The van der Waals surface area contributed by atoms with E-state index in [1.165, 1.54) is 6.20 Å². The maximum absolute atomic E-state index is 12.6. The van der Waals surface area contributed by atoms with Gasteiger partial charge in [0.15, 0.2) is 0 Å². The Morgan fingerprint density at radius 2 is 2.30 bits per heavy atom. The highest BCUT2D eigenvalue weighted by Crippen LogP contribution is 2.25. The standard InChI is InChI=1S/C13H22ClN3O2S/c1-2-12-5-3-8-17(10-12)20(18,19)13-9-15-16(11-13)7-4-6-14/h9,11-12H,2-8,10H2,1H3. The van der Waals surface area contributed by atoms with Crippen molar-refractivity contribution < 1.29 is 8.42 Å². The molecule has 0 N–H and O–H groups in total. The molecule has 1 fully saturated rings. The number of rotatable bonds is 6. The third kappa shape index (κ3) is 3.54. The van der Waals surface area contributed by atoms with Crippen molar-refractivity contribution in [1.29, 1.82) is 0 Å². The lowest BCUT2D eigenvalue weighted by Gasteiger charge is -2.30. The fourth-order valence-electron chi connectivity index (χ4n) is 2.55. The van der Waals surface area contributed by atoms with Crippen molar-refractivity contribution in [2.75, 3.05) is 19.0 Å². The number of aromatic nitrogens is 2. The molecule has 0 radical (unpaired) electrons. The molecule has 1 aliphatic heterocycles. The van der Waals surface area contributed by atoms with Crippen molar-refractivity contribution in [3.63, 3.8) is 0 Å². The lowest BCUT2D eigenvalue weighted by atomic mass is 9.97. The van der Waals surface area contributed by atoms with Crippen molar-refractivity contribution in [2.45, 2.75) is 44.0 Å². The molecular weight excluding hydrogens is 298 g/mol. The molecule has 1 aromatic rings. The van der Waals surface area contributed by atoms with Gasteiger partial charge in [-0.05, 0) is 25.2 Å². The predicted molar refractivity (Wildman–Crippen MR) is 79.3 cm³/mol. The third-order valence-corrected chi connectivity index (χ3v) is 5.91. The van der Waals surface area contributed by atoms with Crippen LogP contribution < -0.4 is 0 Å². The number of hydrogen-bond acceptors (Lipinski definition) is 3. The first-order chi connectivity index (χ1) is 9.57. The summed E-state index contributed by atoms with van der Waals surface area (Å²) in [5.41, 5.74) is 0. The smallest absolute Gasteiger partial charge is 0.246 e. The Morgan fingerprint density at radius 1 is 1.50 bits per heavy atom. The molecule has 5 nitrogen and oxygen atoms in total. The molecule has 0 aromatic carbocycles. The maximum Gasteiger partial charge on any atom is 0.246 e. The largest absolute Gasteiger partial charge is 0.271 e. The zero-order chi connectivity index (χ0) is 14.6. The monoisotopic (exact) mass is 319 g/mol. The van der Waals surface area contributed by atoms with Crippen LogP contribution in [-0.2, 0) is 16.6 Å². The summed E-state index contributed by atoms with van der Waals surface area (Å²) in [5, 5.41) is 4.11. The van der Waals surface area contributed by atoms with E-state index < -0.39 is 10.0 Å². The Labute approximate surface area is 126 Å². The Kier molecular flexibility index (Phi) is 5.46. The quantitative estimate of drug-likeness (QED) is 0.756. The molecule has 1 aromatic heterocycles. The lowest BCUT2D eigenvalue weighted by molar-refractivity contribution is 0.261. The molecule has 2 heterocycles. The number of nitrogens with zero attached hydrogens (tertiary/aromatic N) is 3. The van der Waals surface area contributed by atoms with Crippen LogP contribution in [0.15, 0.2) is 17.3 Å². The second kappa shape index (κ2) is 6.91. The van der Waals surface area contributed by atoms with E-state index in [4.69, 9.17) is 11.6 Å². The molecule has 1 atom stereocenters. The Hall–Kier alpha value is -0.590. The van der Waals surface area contributed by atoms with Crippen LogP contribution in [0.1, 0.15) is 32.6 Å². The van der Waals surface area contributed by atoms with Crippen LogP contribution >= 0.6 is 11.6 Å².